The van der Waals surface area contributed by atoms with E-state index in [9.17, 15) is 4.79 Å². The molecular formula is C15H17N3O2. The van der Waals surface area contributed by atoms with Gasteiger partial charge in [0, 0.05) is 32.9 Å². The predicted molar refractivity (Wildman–Crippen MR) is 74.4 cm³/mol. The third-order valence-corrected chi connectivity index (χ3v) is 3.85. The number of rotatable bonds is 3. The van der Waals surface area contributed by atoms with Crippen molar-refractivity contribution in [2.75, 3.05) is 6.54 Å². The Hall–Kier alpha value is -2.14. The van der Waals surface area contributed by atoms with E-state index in [0.29, 0.717) is 5.56 Å². The molecule has 5 nitrogen and oxygen atoms in total. The van der Waals surface area contributed by atoms with Crippen molar-refractivity contribution in [2.24, 2.45) is 7.05 Å². The SMILES string of the molecule is Cn1cncc1CN1CCc2ccc(C(=O)O)cc2C1. The van der Waals surface area contributed by atoms with Crippen LogP contribution >= 0.6 is 0 Å². The van der Waals surface area contributed by atoms with Crippen molar-refractivity contribution in [1.82, 2.24) is 14.5 Å². The molecule has 1 aliphatic rings. The molecule has 5 heteroatoms. The minimum Gasteiger partial charge on any atom is -0.478 e. The number of aromatic nitrogens is 2. The highest BCUT2D eigenvalue weighted by Gasteiger charge is 2.18. The molecule has 0 amide bonds. The van der Waals surface area contributed by atoms with Crippen LogP contribution in [0.1, 0.15) is 27.2 Å². The number of aromatic carboxylic acids is 1. The van der Waals surface area contributed by atoms with Gasteiger partial charge in [-0.2, -0.15) is 0 Å². The molecule has 0 bridgehead atoms. The van der Waals surface area contributed by atoms with Gasteiger partial charge in [-0.05, 0) is 29.7 Å². The average molecular weight is 271 g/mol. The van der Waals surface area contributed by atoms with Gasteiger partial charge < -0.3 is 9.67 Å². The molecule has 0 unspecified atom stereocenters. The summed E-state index contributed by atoms with van der Waals surface area (Å²) in [6.07, 6.45) is 4.64. The summed E-state index contributed by atoms with van der Waals surface area (Å²) in [5.74, 6) is -0.864. The maximum atomic E-state index is 11.0. The van der Waals surface area contributed by atoms with Gasteiger partial charge in [0.2, 0.25) is 0 Å². The summed E-state index contributed by atoms with van der Waals surface area (Å²) in [4.78, 5) is 17.5. The number of carboxylic acids is 1. The number of hydrogen-bond acceptors (Lipinski definition) is 3. The van der Waals surface area contributed by atoms with Crippen molar-refractivity contribution in [3.8, 4) is 0 Å². The van der Waals surface area contributed by atoms with Gasteiger partial charge in [-0.25, -0.2) is 9.78 Å². The third kappa shape index (κ3) is 2.44. The standard InChI is InChI=1S/C15H17N3O2/c1-17-10-16-7-14(17)9-18-5-4-11-2-3-12(15(19)20)6-13(11)8-18/h2-3,6-7,10H,4-5,8-9H2,1H3,(H,19,20). The number of hydrogen-bond donors (Lipinski definition) is 1. The number of carboxylic acid groups (broad SMARTS) is 1. The summed E-state index contributed by atoms with van der Waals surface area (Å²) in [6, 6.07) is 5.44. The molecular weight excluding hydrogens is 254 g/mol. The normalized spacial score (nSPS) is 15.1. The quantitative estimate of drug-likeness (QED) is 0.922. The lowest BCUT2D eigenvalue weighted by Crippen LogP contribution is -2.30. The van der Waals surface area contributed by atoms with Crippen LogP contribution in [0.2, 0.25) is 0 Å². The maximum Gasteiger partial charge on any atom is 0.335 e. The van der Waals surface area contributed by atoms with E-state index in [4.69, 9.17) is 5.11 Å². The van der Waals surface area contributed by atoms with E-state index in [1.807, 2.05) is 23.9 Å². The monoisotopic (exact) mass is 271 g/mol. The zero-order valence-corrected chi connectivity index (χ0v) is 11.4. The van der Waals surface area contributed by atoms with Gasteiger partial charge in [0.1, 0.15) is 0 Å². The van der Waals surface area contributed by atoms with Crippen LogP contribution < -0.4 is 0 Å². The Bertz CT molecular complexity index is 648. The first-order valence-corrected chi connectivity index (χ1v) is 6.66. The molecule has 0 aliphatic carbocycles. The van der Waals surface area contributed by atoms with Crippen LogP contribution in [0.4, 0.5) is 0 Å². The van der Waals surface area contributed by atoms with Gasteiger partial charge in [0.05, 0.1) is 17.6 Å². The number of aryl methyl sites for hydroxylation is 1. The zero-order valence-electron chi connectivity index (χ0n) is 11.4. The van der Waals surface area contributed by atoms with Crippen LogP contribution in [-0.4, -0.2) is 32.1 Å². The van der Waals surface area contributed by atoms with Gasteiger partial charge in [0.15, 0.2) is 0 Å². The largest absolute Gasteiger partial charge is 0.478 e. The van der Waals surface area contributed by atoms with Crippen molar-refractivity contribution >= 4 is 5.97 Å². The molecule has 20 heavy (non-hydrogen) atoms. The molecule has 0 atom stereocenters. The summed E-state index contributed by atoms with van der Waals surface area (Å²) in [7, 11) is 1.99. The zero-order chi connectivity index (χ0) is 14.1. The highest BCUT2D eigenvalue weighted by molar-refractivity contribution is 5.87. The van der Waals surface area contributed by atoms with Gasteiger partial charge >= 0.3 is 5.97 Å². The second kappa shape index (κ2) is 5.09. The molecule has 0 spiro atoms. The predicted octanol–water partition coefficient (Wildman–Crippen LogP) is 1.68. The molecule has 0 saturated carbocycles. The number of imidazole rings is 1. The van der Waals surface area contributed by atoms with Gasteiger partial charge in [-0.1, -0.05) is 6.07 Å². The number of carbonyl (C=O) groups is 1. The van der Waals surface area contributed by atoms with Crippen LogP contribution in [0.3, 0.4) is 0 Å². The molecule has 104 valence electrons. The molecule has 1 N–H and O–H groups in total. The van der Waals surface area contributed by atoms with E-state index >= 15 is 0 Å². The Kier molecular flexibility index (Phi) is 3.28. The molecule has 2 aromatic rings. The highest BCUT2D eigenvalue weighted by atomic mass is 16.4. The molecule has 0 fully saturated rings. The number of benzene rings is 1. The fourth-order valence-electron chi connectivity index (χ4n) is 2.65. The lowest BCUT2D eigenvalue weighted by Gasteiger charge is -2.28. The van der Waals surface area contributed by atoms with Crippen LogP contribution in [0, 0.1) is 0 Å². The van der Waals surface area contributed by atoms with E-state index < -0.39 is 5.97 Å². The van der Waals surface area contributed by atoms with E-state index in [1.165, 1.54) is 11.3 Å². The Morgan fingerprint density at radius 2 is 2.25 bits per heavy atom. The highest BCUT2D eigenvalue weighted by Crippen LogP contribution is 2.21. The number of fused-ring (bicyclic) bond motifs is 1. The Morgan fingerprint density at radius 3 is 2.95 bits per heavy atom. The van der Waals surface area contributed by atoms with Crippen molar-refractivity contribution < 1.29 is 9.90 Å². The van der Waals surface area contributed by atoms with Crippen molar-refractivity contribution in [1.29, 1.82) is 0 Å². The van der Waals surface area contributed by atoms with Crippen LogP contribution in [-0.2, 0) is 26.6 Å². The van der Waals surface area contributed by atoms with E-state index in [1.54, 1.807) is 18.5 Å². The minimum atomic E-state index is -0.864. The molecule has 3 rings (SSSR count). The molecule has 1 aromatic heterocycles. The topological polar surface area (TPSA) is 58.4 Å². The first kappa shape index (κ1) is 12.9. The Labute approximate surface area is 117 Å². The van der Waals surface area contributed by atoms with Crippen LogP contribution in [0.15, 0.2) is 30.7 Å². The molecule has 2 heterocycles. The fraction of sp³-hybridized carbons (Fsp3) is 0.333. The van der Waals surface area contributed by atoms with Crippen LogP contribution in [0.25, 0.3) is 0 Å². The van der Waals surface area contributed by atoms with Crippen molar-refractivity contribution in [3.63, 3.8) is 0 Å². The Balaban J connectivity index is 1.78. The summed E-state index contributed by atoms with van der Waals surface area (Å²) in [6.45, 7) is 2.62. The van der Waals surface area contributed by atoms with Gasteiger partial charge in [-0.3, -0.25) is 4.90 Å². The summed E-state index contributed by atoms with van der Waals surface area (Å²) < 4.78 is 2.02. The molecule has 0 saturated heterocycles. The smallest absolute Gasteiger partial charge is 0.335 e. The summed E-state index contributed by atoms with van der Waals surface area (Å²) in [5.41, 5.74) is 3.92. The van der Waals surface area contributed by atoms with E-state index in [2.05, 4.69) is 9.88 Å². The second-order valence-corrected chi connectivity index (χ2v) is 5.25. The fourth-order valence-corrected chi connectivity index (χ4v) is 2.65. The summed E-state index contributed by atoms with van der Waals surface area (Å²) in [5, 5.41) is 9.07. The van der Waals surface area contributed by atoms with E-state index in [-0.39, 0.29) is 0 Å². The molecule has 1 aromatic carbocycles. The average Bonchev–Trinajstić information content (AvgIpc) is 2.83. The number of nitrogens with zero attached hydrogens (tertiary/aromatic N) is 3. The first-order valence-electron chi connectivity index (χ1n) is 6.66. The van der Waals surface area contributed by atoms with Gasteiger partial charge in [-0.15, -0.1) is 0 Å². The van der Waals surface area contributed by atoms with Gasteiger partial charge in [0.25, 0.3) is 0 Å². The third-order valence-electron chi connectivity index (χ3n) is 3.85. The summed E-state index contributed by atoms with van der Waals surface area (Å²) >= 11 is 0. The molecule has 0 radical (unpaired) electrons. The maximum absolute atomic E-state index is 11.0. The second-order valence-electron chi connectivity index (χ2n) is 5.25. The lowest BCUT2D eigenvalue weighted by molar-refractivity contribution is 0.0696. The minimum absolute atomic E-state index is 0.367. The van der Waals surface area contributed by atoms with Crippen LogP contribution in [0.5, 0.6) is 0 Å². The Morgan fingerprint density at radius 1 is 1.40 bits per heavy atom. The van der Waals surface area contributed by atoms with Crippen molar-refractivity contribution in [2.45, 2.75) is 19.5 Å². The van der Waals surface area contributed by atoms with Crippen molar-refractivity contribution in [3.05, 3.63) is 53.1 Å². The molecule has 1 aliphatic heterocycles. The first-order chi connectivity index (χ1) is 9.63. The van der Waals surface area contributed by atoms with E-state index in [0.717, 1.165) is 31.6 Å². The lowest BCUT2D eigenvalue weighted by atomic mass is 9.97.